The van der Waals surface area contributed by atoms with E-state index in [1.54, 1.807) is 87.5 Å². The van der Waals surface area contributed by atoms with Crippen LogP contribution in [0.25, 0.3) is 0 Å². The zero-order valence-electron chi connectivity index (χ0n) is 23.4. The van der Waals surface area contributed by atoms with Crippen molar-refractivity contribution in [3.8, 4) is 5.75 Å². The van der Waals surface area contributed by atoms with Crippen molar-refractivity contribution in [3.05, 3.63) is 96.1 Å². The number of benzene rings is 3. The molecule has 41 heavy (non-hydrogen) atoms. The van der Waals surface area contributed by atoms with Gasteiger partial charge >= 0.3 is 11.4 Å². The maximum atomic E-state index is 14.9. The van der Waals surface area contributed by atoms with Crippen LogP contribution >= 0.6 is 11.8 Å². The fourth-order valence-electron chi connectivity index (χ4n) is 4.35. The molecular weight excluding hydrogens is 544 g/mol. The van der Waals surface area contributed by atoms with E-state index in [2.05, 4.69) is 0 Å². The highest BCUT2D eigenvalue weighted by Gasteiger charge is 2.59. The fourth-order valence-corrected chi connectivity index (χ4v) is 5.41. The molecule has 10 nitrogen and oxygen atoms in total. The predicted octanol–water partition coefficient (Wildman–Crippen LogP) is 5.65. The van der Waals surface area contributed by atoms with Crippen molar-refractivity contribution in [3.63, 3.8) is 0 Å². The zero-order chi connectivity index (χ0) is 29.4. The summed E-state index contributed by atoms with van der Waals surface area (Å²) in [4.78, 5) is 42.7. The van der Waals surface area contributed by atoms with Gasteiger partial charge < -0.3 is 19.1 Å². The van der Waals surface area contributed by atoms with Crippen LogP contribution in [0.4, 0.5) is 15.3 Å². The summed E-state index contributed by atoms with van der Waals surface area (Å²) < 4.78 is 15.9. The Morgan fingerprint density at radius 2 is 1.51 bits per heavy atom. The number of guanidine groups is 1. The zero-order valence-corrected chi connectivity index (χ0v) is 24.2. The van der Waals surface area contributed by atoms with Crippen LogP contribution in [0.1, 0.15) is 25.0 Å². The molecule has 1 unspecified atom stereocenters. The molecule has 0 aliphatic carbocycles. The summed E-state index contributed by atoms with van der Waals surface area (Å²) in [5.74, 6) is 0.149. The molecule has 1 aliphatic heterocycles. The first-order valence-corrected chi connectivity index (χ1v) is 13.9. The molecule has 1 aliphatic rings. The van der Waals surface area contributed by atoms with Gasteiger partial charge in [-0.15, -0.1) is 5.10 Å². The Bertz CT molecular complexity index is 1390. The maximum absolute atomic E-state index is 14.9. The first-order valence-electron chi connectivity index (χ1n) is 13.1. The SMILES string of the molecule is CCOC(=O)SC1(c2ccccc2)C(=O)N(c2ccc(OC)cc2)C(N(C)Cc2ccccc2)=NN1C(=O)OCC. The molecule has 0 saturated carbocycles. The van der Waals surface area contributed by atoms with Gasteiger partial charge in [0.25, 0.3) is 5.91 Å². The maximum Gasteiger partial charge on any atom is 0.432 e. The summed E-state index contributed by atoms with van der Waals surface area (Å²) in [6, 6.07) is 25.1. The average molecular weight is 577 g/mol. The van der Waals surface area contributed by atoms with E-state index in [0.717, 1.165) is 10.6 Å². The Hall–Kier alpha value is -4.51. The van der Waals surface area contributed by atoms with E-state index in [1.165, 1.54) is 4.90 Å². The topological polar surface area (TPSA) is 101 Å². The van der Waals surface area contributed by atoms with E-state index in [9.17, 15) is 14.4 Å². The Morgan fingerprint density at radius 1 is 0.902 bits per heavy atom. The number of anilines is 1. The smallest absolute Gasteiger partial charge is 0.432 e. The van der Waals surface area contributed by atoms with E-state index >= 15 is 0 Å². The minimum Gasteiger partial charge on any atom is -0.497 e. The minimum absolute atomic E-state index is 0.0331. The largest absolute Gasteiger partial charge is 0.497 e. The van der Waals surface area contributed by atoms with Gasteiger partial charge in [0.2, 0.25) is 10.8 Å². The normalized spacial score (nSPS) is 16.6. The molecule has 1 heterocycles. The van der Waals surface area contributed by atoms with E-state index in [4.69, 9.17) is 19.3 Å². The van der Waals surface area contributed by atoms with Gasteiger partial charge in [-0.3, -0.25) is 4.79 Å². The lowest BCUT2D eigenvalue weighted by molar-refractivity contribution is -0.125. The van der Waals surface area contributed by atoms with Crippen molar-refractivity contribution in [2.24, 2.45) is 5.10 Å². The summed E-state index contributed by atoms with van der Waals surface area (Å²) in [5.41, 5.74) is 1.77. The number of rotatable bonds is 8. The number of methoxy groups -OCH3 is 1. The van der Waals surface area contributed by atoms with Crippen molar-refractivity contribution < 1.29 is 28.6 Å². The van der Waals surface area contributed by atoms with Crippen LogP contribution in [-0.2, 0) is 25.7 Å². The standard InChI is InChI=1S/C30H32N4O6S/c1-5-39-28(36)34-30(41-29(37)40-6-2,23-15-11-8-12-16-23)26(35)33(24-17-19-25(38-4)20-18-24)27(31-34)32(3)21-22-13-9-7-10-14-22/h7-20H,5-6,21H2,1-4H3. The van der Waals surface area contributed by atoms with Crippen LogP contribution in [0.2, 0.25) is 0 Å². The molecule has 2 amide bonds. The average Bonchev–Trinajstić information content (AvgIpc) is 2.99. The molecule has 0 bridgehead atoms. The highest BCUT2D eigenvalue weighted by atomic mass is 32.2. The van der Waals surface area contributed by atoms with Gasteiger partial charge in [0.15, 0.2) is 0 Å². The number of thioether (sulfide) groups is 1. The summed E-state index contributed by atoms with van der Waals surface area (Å²) >= 11 is 0.562. The number of hydrogen-bond donors (Lipinski definition) is 0. The summed E-state index contributed by atoms with van der Waals surface area (Å²) in [6.45, 7) is 3.81. The van der Waals surface area contributed by atoms with E-state index in [0.29, 0.717) is 35.3 Å². The Kier molecular flexibility index (Phi) is 9.51. The van der Waals surface area contributed by atoms with Crippen molar-refractivity contribution in [2.45, 2.75) is 25.3 Å². The second-order valence-corrected chi connectivity index (χ2v) is 10.0. The molecule has 4 rings (SSSR count). The van der Waals surface area contributed by atoms with Gasteiger partial charge in [0.1, 0.15) is 5.75 Å². The molecule has 1 atom stereocenters. The molecule has 0 aromatic heterocycles. The highest BCUT2D eigenvalue weighted by molar-refractivity contribution is 8.14. The molecule has 3 aromatic carbocycles. The number of amides is 2. The monoisotopic (exact) mass is 576 g/mol. The quantitative estimate of drug-likeness (QED) is 0.317. The van der Waals surface area contributed by atoms with Crippen LogP contribution in [0, 0.1) is 0 Å². The molecule has 0 saturated heterocycles. The first-order chi connectivity index (χ1) is 19.8. The van der Waals surface area contributed by atoms with Crippen LogP contribution in [-0.4, -0.2) is 60.5 Å². The second kappa shape index (κ2) is 13.2. The lowest BCUT2D eigenvalue weighted by atomic mass is 10.0. The third-order valence-corrected chi connectivity index (χ3v) is 7.38. The van der Waals surface area contributed by atoms with Crippen molar-refractivity contribution in [2.75, 3.05) is 32.3 Å². The Balaban J connectivity index is 1.97. The molecule has 0 fully saturated rings. The van der Waals surface area contributed by atoms with Crippen LogP contribution in [0.15, 0.2) is 90.0 Å². The molecule has 0 spiro atoms. The summed E-state index contributed by atoms with van der Waals surface area (Å²) in [6.07, 6.45) is -0.888. The van der Waals surface area contributed by atoms with E-state index in [1.807, 2.05) is 30.3 Å². The third-order valence-electron chi connectivity index (χ3n) is 6.21. The lowest BCUT2D eigenvalue weighted by Gasteiger charge is -2.46. The number of hydrogen-bond acceptors (Lipinski definition) is 9. The van der Waals surface area contributed by atoms with Gasteiger partial charge in [-0.25, -0.2) is 14.5 Å². The molecular formula is C30H32N4O6S. The first kappa shape index (κ1) is 29.5. The number of ether oxygens (including phenoxy) is 3. The van der Waals surface area contributed by atoms with Crippen LogP contribution < -0.4 is 9.64 Å². The highest BCUT2D eigenvalue weighted by Crippen LogP contribution is 2.47. The van der Waals surface area contributed by atoms with Crippen molar-refractivity contribution >= 4 is 40.7 Å². The predicted molar refractivity (Wildman–Crippen MR) is 157 cm³/mol. The van der Waals surface area contributed by atoms with Gasteiger partial charge in [-0.2, -0.15) is 5.01 Å². The second-order valence-electron chi connectivity index (χ2n) is 8.89. The van der Waals surface area contributed by atoms with Crippen molar-refractivity contribution in [1.29, 1.82) is 0 Å². The van der Waals surface area contributed by atoms with Crippen LogP contribution in [0.5, 0.6) is 5.75 Å². The fraction of sp³-hybridized carbons (Fsp3) is 0.267. The molecule has 0 N–H and O–H groups in total. The summed E-state index contributed by atoms with van der Waals surface area (Å²) in [7, 11) is 3.32. The van der Waals surface area contributed by atoms with Gasteiger partial charge in [-0.05, 0) is 43.7 Å². The van der Waals surface area contributed by atoms with Gasteiger partial charge in [0.05, 0.1) is 26.0 Å². The van der Waals surface area contributed by atoms with E-state index in [-0.39, 0.29) is 19.2 Å². The molecule has 0 radical (unpaired) electrons. The number of nitrogens with zero attached hydrogens (tertiary/aromatic N) is 4. The molecule has 11 heteroatoms. The minimum atomic E-state index is -1.98. The van der Waals surface area contributed by atoms with Gasteiger partial charge in [-0.1, -0.05) is 60.7 Å². The Labute approximate surface area is 243 Å². The van der Waals surface area contributed by atoms with Crippen LogP contribution in [0.3, 0.4) is 0 Å². The summed E-state index contributed by atoms with van der Waals surface area (Å²) in [5, 5.41) is 4.94. The van der Waals surface area contributed by atoms with Gasteiger partial charge in [0, 0.05) is 30.9 Å². The van der Waals surface area contributed by atoms with Crippen molar-refractivity contribution in [1.82, 2.24) is 9.91 Å². The Morgan fingerprint density at radius 3 is 2.10 bits per heavy atom. The third kappa shape index (κ3) is 6.14. The lowest BCUT2D eigenvalue weighted by Crippen LogP contribution is -2.64. The molecule has 3 aromatic rings. The molecule has 214 valence electrons. The van der Waals surface area contributed by atoms with E-state index < -0.39 is 22.2 Å². The number of hydrazone groups is 1. The number of carbonyl (C=O) groups is 3. The number of carbonyl (C=O) groups excluding carboxylic acids is 3.